The molecule has 8 nitrogen and oxygen atoms in total. The predicted molar refractivity (Wildman–Crippen MR) is 105 cm³/mol. The molecule has 0 aliphatic heterocycles. The molecule has 27 heavy (non-hydrogen) atoms. The Morgan fingerprint density at radius 3 is 2.59 bits per heavy atom. The Labute approximate surface area is 163 Å². The van der Waals surface area contributed by atoms with Gasteiger partial charge in [-0.2, -0.15) is 4.98 Å². The van der Waals surface area contributed by atoms with Crippen LogP contribution >= 0.6 is 15.9 Å². The lowest BCUT2D eigenvalue weighted by Gasteiger charge is -2.03. The number of aromatic nitrogens is 2. The molecule has 0 radical (unpaired) electrons. The fourth-order valence-electron chi connectivity index (χ4n) is 1.88. The zero-order valence-corrected chi connectivity index (χ0v) is 15.5. The van der Waals surface area contributed by atoms with Crippen LogP contribution < -0.4 is 15.2 Å². The Bertz CT molecular complexity index is 948. The molecular formula is C18H14BrN5O3. The summed E-state index contributed by atoms with van der Waals surface area (Å²) in [7, 11) is 0. The van der Waals surface area contributed by atoms with E-state index < -0.39 is 0 Å². The molecule has 2 aromatic carbocycles. The van der Waals surface area contributed by atoms with E-state index in [9.17, 15) is 0 Å². The van der Waals surface area contributed by atoms with Crippen molar-refractivity contribution in [3.8, 4) is 17.5 Å². The van der Waals surface area contributed by atoms with E-state index in [4.69, 9.17) is 20.0 Å². The maximum Gasteiger partial charge on any atom is 0.322 e. The topological polar surface area (TPSA) is 104 Å². The normalized spacial score (nSPS) is 11.0. The number of hydrogen-bond donors (Lipinski definition) is 1. The highest BCUT2D eigenvalue weighted by Gasteiger charge is 2.01. The van der Waals surface area contributed by atoms with Crippen LogP contribution in [0.15, 0.2) is 75.5 Å². The molecule has 0 saturated carbocycles. The number of benzene rings is 2. The number of aliphatic imine (C=N–C) groups is 1. The number of oxime groups is 1. The van der Waals surface area contributed by atoms with Crippen LogP contribution in [-0.4, -0.2) is 22.8 Å². The lowest BCUT2D eigenvalue weighted by molar-refractivity contribution is 0.335. The van der Waals surface area contributed by atoms with Gasteiger partial charge in [-0.1, -0.05) is 12.1 Å². The predicted octanol–water partition coefficient (Wildman–Crippen LogP) is 4.31. The molecular weight excluding hydrogens is 414 g/mol. The molecule has 0 amide bonds. The highest BCUT2D eigenvalue weighted by Crippen LogP contribution is 2.22. The number of hydrogen-bond acceptors (Lipinski definition) is 8. The minimum absolute atomic E-state index is 0.248. The Hall–Kier alpha value is -3.46. The third kappa shape index (κ3) is 5.79. The van der Waals surface area contributed by atoms with Crippen LogP contribution in [0.3, 0.4) is 0 Å². The van der Waals surface area contributed by atoms with Gasteiger partial charge in [0.1, 0.15) is 10.4 Å². The number of para-hydroxylation sites is 2. The lowest BCUT2D eigenvalue weighted by Crippen LogP contribution is -1.95. The lowest BCUT2D eigenvalue weighted by atomic mass is 10.3. The average Bonchev–Trinajstić information content (AvgIpc) is 2.67. The Morgan fingerprint density at radius 2 is 1.81 bits per heavy atom. The monoisotopic (exact) mass is 427 g/mol. The van der Waals surface area contributed by atoms with Gasteiger partial charge >= 0.3 is 6.01 Å². The summed E-state index contributed by atoms with van der Waals surface area (Å²) in [6, 6.07) is 16.0. The molecule has 1 aromatic heterocycles. The quantitative estimate of drug-likeness (QED) is 0.198. The zero-order valence-electron chi connectivity index (χ0n) is 13.9. The molecule has 0 unspecified atom stereocenters. The number of nitrogens with zero attached hydrogens (tertiary/aromatic N) is 4. The number of halogens is 1. The molecule has 0 aliphatic rings. The van der Waals surface area contributed by atoms with E-state index in [0.717, 1.165) is 6.40 Å². The van der Waals surface area contributed by atoms with Crippen molar-refractivity contribution in [2.24, 2.45) is 10.1 Å². The summed E-state index contributed by atoms with van der Waals surface area (Å²) >= 11 is 3.26. The average molecular weight is 428 g/mol. The van der Waals surface area contributed by atoms with E-state index in [2.05, 4.69) is 36.0 Å². The van der Waals surface area contributed by atoms with Crippen molar-refractivity contribution in [1.29, 1.82) is 0 Å². The Morgan fingerprint density at radius 1 is 1.00 bits per heavy atom. The molecule has 2 N–H and O–H groups in total. The number of ether oxygens (including phenoxy) is 2. The SMILES string of the molecule is Nc1ccccc1OC=NOC=Nc1ccc(Oc2nccc(Br)n2)cc1. The fourth-order valence-corrected chi connectivity index (χ4v) is 2.15. The second-order valence-electron chi connectivity index (χ2n) is 4.96. The first-order valence-corrected chi connectivity index (χ1v) is 8.48. The van der Waals surface area contributed by atoms with Crippen LogP contribution in [0.5, 0.6) is 17.5 Å². The largest absolute Gasteiger partial charge is 0.440 e. The van der Waals surface area contributed by atoms with E-state index in [1.807, 2.05) is 6.07 Å². The van der Waals surface area contributed by atoms with E-state index in [1.165, 1.54) is 6.40 Å². The molecule has 0 spiro atoms. The van der Waals surface area contributed by atoms with Gasteiger partial charge in [0, 0.05) is 6.20 Å². The van der Waals surface area contributed by atoms with Crippen molar-refractivity contribution in [2.75, 3.05) is 5.73 Å². The second-order valence-corrected chi connectivity index (χ2v) is 5.78. The summed E-state index contributed by atoms with van der Waals surface area (Å²) in [4.78, 5) is 17.1. The molecule has 0 saturated heterocycles. The second kappa shape index (κ2) is 9.30. The summed E-state index contributed by atoms with van der Waals surface area (Å²) in [6.45, 7) is 0. The van der Waals surface area contributed by atoms with Gasteiger partial charge < -0.3 is 20.0 Å². The molecule has 3 aromatic rings. The van der Waals surface area contributed by atoms with Crippen LogP contribution in [0.4, 0.5) is 11.4 Å². The van der Waals surface area contributed by atoms with Gasteiger partial charge in [0.2, 0.25) is 12.8 Å². The molecule has 136 valence electrons. The number of anilines is 1. The van der Waals surface area contributed by atoms with E-state index >= 15 is 0 Å². The molecule has 3 rings (SSSR count). The van der Waals surface area contributed by atoms with Gasteiger partial charge in [0.15, 0.2) is 5.75 Å². The van der Waals surface area contributed by atoms with E-state index in [1.54, 1.807) is 54.7 Å². The van der Waals surface area contributed by atoms with Crippen molar-refractivity contribution in [1.82, 2.24) is 9.97 Å². The Kier molecular flexibility index (Phi) is 6.31. The molecule has 0 atom stereocenters. The van der Waals surface area contributed by atoms with E-state index in [0.29, 0.717) is 27.5 Å². The summed E-state index contributed by atoms with van der Waals surface area (Å²) in [5.41, 5.74) is 6.89. The highest BCUT2D eigenvalue weighted by molar-refractivity contribution is 9.10. The third-order valence-electron chi connectivity index (χ3n) is 3.10. The maximum absolute atomic E-state index is 5.73. The van der Waals surface area contributed by atoms with Gasteiger partial charge in [-0.15, -0.1) is 0 Å². The maximum atomic E-state index is 5.73. The van der Waals surface area contributed by atoms with Gasteiger partial charge in [-0.25, -0.2) is 9.98 Å². The summed E-state index contributed by atoms with van der Waals surface area (Å²) in [5.74, 6) is 1.08. The summed E-state index contributed by atoms with van der Waals surface area (Å²) in [5, 5.41) is 3.61. The fraction of sp³-hybridized carbons (Fsp3) is 0. The first-order chi connectivity index (χ1) is 13.2. The zero-order chi connectivity index (χ0) is 18.9. The molecule has 0 fully saturated rings. The first kappa shape index (κ1) is 18.3. The van der Waals surface area contributed by atoms with Gasteiger partial charge in [0.25, 0.3) is 0 Å². The summed E-state index contributed by atoms with van der Waals surface area (Å²) < 4.78 is 11.4. The van der Waals surface area contributed by atoms with E-state index in [-0.39, 0.29) is 6.01 Å². The third-order valence-corrected chi connectivity index (χ3v) is 3.54. The Balaban J connectivity index is 1.48. The van der Waals surface area contributed by atoms with Gasteiger partial charge in [-0.3, -0.25) is 0 Å². The molecule has 0 aliphatic carbocycles. The van der Waals surface area contributed by atoms with Crippen LogP contribution in [0.2, 0.25) is 0 Å². The summed E-state index contributed by atoms with van der Waals surface area (Å²) in [6.07, 6.45) is 3.91. The van der Waals surface area contributed by atoms with Crippen LogP contribution in [0, 0.1) is 0 Å². The van der Waals surface area contributed by atoms with Crippen molar-refractivity contribution >= 4 is 40.1 Å². The van der Waals surface area contributed by atoms with Crippen molar-refractivity contribution in [3.05, 3.63) is 65.4 Å². The first-order valence-electron chi connectivity index (χ1n) is 7.68. The molecule has 0 bridgehead atoms. The van der Waals surface area contributed by atoms with Crippen LogP contribution in [-0.2, 0) is 4.84 Å². The molecule has 9 heteroatoms. The van der Waals surface area contributed by atoms with Crippen molar-refractivity contribution < 1.29 is 14.3 Å². The minimum atomic E-state index is 0.248. The minimum Gasteiger partial charge on any atom is -0.440 e. The van der Waals surface area contributed by atoms with Gasteiger partial charge in [-0.05, 0) is 63.6 Å². The number of nitrogen functional groups attached to an aromatic ring is 1. The highest BCUT2D eigenvalue weighted by atomic mass is 79.9. The standard InChI is InChI=1S/C18H14BrN5O3/c19-17-9-10-21-18(24-17)27-14-7-5-13(6-8-14)22-11-26-23-12-25-16-4-2-1-3-15(16)20/h1-12H,20H2. The molecule has 1 heterocycles. The smallest absolute Gasteiger partial charge is 0.322 e. The number of rotatable bonds is 7. The number of nitrogens with two attached hydrogens (primary N) is 1. The van der Waals surface area contributed by atoms with Crippen LogP contribution in [0.25, 0.3) is 0 Å². The van der Waals surface area contributed by atoms with Crippen LogP contribution in [0.1, 0.15) is 0 Å². The van der Waals surface area contributed by atoms with Crippen molar-refractivity contribution in [3.63, 3.8) is 0 Å². The van der Waals surface area contributed by atoms with Crippen molar-refractivity contribution in [2.45, 2.75) is 0 Å². The van der Waals surface area contributed by atoms with Gasteiger partial charge in [0.05, 0.1) is 11.4 Å².